The maximum atomic E-state index is 12.2. The standard InChI is InChI=1S/C17H18ClNO3S/c1-22-17(21)10-15(13-4-2-3-5-14(13)18)19-16(20)7-6-12-8-9-23-11-12/h2-5,8-9,11,15H,6-7,10H2,1H3,(H,19,20). The van der Waals surface area contributed by atoms with Gasteiger partial charge in [-0.1, -0.05) is 29.8 Å². The molecule has 1 aromatic heterocycles. The third-order valence-electron chi connectivity index (χ3n) is 3.44. The molecule has 0 fully saturated rings. The van der Waals surface area contributed by atoms with Crippen LogP contribution in [0.15, 0.2) is 41.1 Å². The molecule has 0 spiro atoms. The summed E-state index contributed by atoms with van der Waals surface area (Å²) in [5, 5.41) is 7.40. The van der Waals surface area contributed by atoms with Crippen LogP contribution in [0.1, 0.15) is 30.0 Å². The summed E-state index contributed by atoms with van der Waals surface area (Å²) >= 11 is 7.79. The van der Waals surface area contributed by atoms with Crippen molar-refractivity contribution in [3.8, 4) is 0 Å². The fourth-order valence-electron chi connectivity index (χ4n) is 2.21. The number of thiophene rings is 1. The van der Waals surface area contributed by atoms with E-state index in [-0.39, 0.29) is 12.3 Å². The third kappa shape index (κ3) is 5.37. The molecule has 1 aromatic carbocycles. The van der Waals surface area contributed by atoms with Gasteiger partial charge in [0.25, 0.3) is 0 Å². The molecule has 4 nitrogen and oxygen atoms in total. The number of methoxy groups -OCH3 is 1. The number of hydrogen-bond donors (Lipinski definition) is 1. The second-order valence-corrected chi connectivity index (χ2v) is 6.24. The molecule has 0 saturated carbocycles. The number of halogens is 1. The van der Waals surface area contributed by atoms with Crippen molar-refractivity contribution in [2.75, 3.05) is 7.11 Å². The second kappa shape index (κ2) is 8.70. The summed E-state index contributed by atoms with van der Waals surface area (Å²) < 4.78 is 4.71. The van der Waals surface area contributed by atoms with E-state index >= 15 is 0 Å². The van der Waals surface area contributed by atoms with Crippen LogP contribution in [0.5, 0.6) is 0 Å². The van der Waals surface area contributed by atoms with Gasteiger partial charge in [0.1, 0.15) is 0 Å². The topological polar surface area (TPSA) is 55.4 Å². The largest absolute Gasteiger partial charge is 0.469 e. The maximum Gasteiger partial charge on any atom is 0.307 e. The molecule has 0 aliphatic heterocycles. The van der Waals surface area contributed by atoms with Crippen molar-refractivity contribution in [3.05, 3.63) is 57.2 Å². The molecule has 0 saturated heterocycles. The van der Waals surface area contributed by atoms with Crippen molar-refractivity contribution in [2.24, 2.45) is 0 Å². The zero-order valence-electron chi connectivity index (χ0n) is 12.8. The average Bonchev–Trinajstić information content (AvgIpc) is 3.06. The summed E-state index contributed by atoms with van der Waals surface area (Å²) in [6, 6.07) is 8.67. The lowest BCUT2D eigenvalue weighted by Gasteiger charge is -2.19. The van der Waals surface area contributed by atoms with Gasteiger partial charge in [0.2, 0.25) is 5.91 Å². The number of hydrogen-bond acceptors (Lipinski definition) is 4. The van der Waals surface area contributed by atoms with Gasteiger partial charge >= 0.3 is 5.97 Å². The number of ether oxygens (including phenoxy) is 1. The molecule has 2 rings (SSSR count). The third-order valence-corrected chi connectivity index (χ3v) is 4.51. The Morgan fingerprint density at radius 3 is 2.74 bits per heavy atom. The van der Waals surface area contributed by atoms with E-state index in [1.54, 1.807) is 29.5 Å². The summed E-state index contributed by atoms with van der Waals surface area (Å²) in [7, 11) is 1.32. The van der Waals surface area contributed by atoms with Crippen LogP contribution in [-0.2, 0) is 20.7 Å². The number of esters is 1. The Morgan fingerprint density at radius 1 is 1.30 bits per heavy atom. The highest BCUT2D eigenvalue weighted by atomic mass is 35.5. The van der Waals surface area contributed by atoms with Gasteiger partial charge in [-0.25, -0.2) is 0 Å². The Labute approximate surface area is 144 Å². The van der Waals surface area contributed by atoms with Gasteiger partial charge < -0.3 is 10.1 Å². The van der Waals surface area contributed by atoms with Crippen LogP contribution in [0.2, 0.25) is 5.02 Å². The number of rotatable bonds is 7. The van der Waals surface area contributed by atoms with Crippen LogP contribution in [0.4, 0.5) is 0 Å². The predicted octanol–water partition coefficient (Wildman–Crippen LogP) is 3.75. The number of carbonyl (C=O) groups is 2. The molecule has 23 heavy (non-hydrogen) atoms. The first-order chi connectivity index (χ1) is 11.1. The van der Waals surface area contributed by atoms with E-state index in [0.29, 0.717) is 23.4 Å². The predicted molar refractivity (Wildman–Crippen MR) is 91.6 cm³/mol. The van der Waals surface area contributed by atoms with E-state index in [9.17, 15) is 9.59 Å². The van der Waals surface area contributed by atoms with Crippen molar-refractivity contribution in [1.29, 1.82) is 0 Å². The highest BCUT2D eigenvalue weighted by molar-refractivity contribution is 7.07. The van der Waals surface area contributed by atoms with E-state index < -0.39 is 12.0 Å². The van der Waals surface area contributed by atoms with Gasteiger partial charge in [0.05, 0.1) is 19.6 Å². The highest BCUT2D eigenvalue weighted by Gasteiger charge is 2.20. The molecule has 1 amide bonds. The Morgan fingerprint density at radius 2 is 2.09 bits per heavy atom. The van der Waals surface area contributed by atoms with Gasteiger partial charge in [0.15, 0.2) is 0 Å². The van der Waals surface area contributed by atoms with Crippen LogP contribution >= 0.6 is 22.9 Å². The lowest BCUT2D eigenvalue weighted by atomic mass is 10.0. The van der Waals surface area contributed by atoms with Crippen molar-refractivity contribution in [2.45, 2.75) is 25.3 Å². The zero-order valence-corrected chi connectivity index (χ0v) is 14.3. The molecule has 1 atom stereocenters. The molecule has 0 radical (unpaired) electrons. The van der Waals surface area contributed by atoms with E-state index in [4.69, 9.17) is 16.3 Å². The lowest BCUT2D eigenvalue weighted by Crippen LogP contribution is -2.30. The Balaban J connectivity index is 2.03. The van der Waals surface area contributed by atoms with Crippen LogP contribution in [0, 0.1) is 0 Å². The lowest BCUT2D eigenvalue weighted by molar-refractivity contribution is -0.141. The van der Waals surface area contributed by atoms with E-state index in [1.165, 1.54) is 7.11 Å². The fraction of sp³-hybridized carbons (Fsp3) is 0.294. The monoisotopic (exact) mass is 351 g/mol. The SMILES string of the molecule is COC(=O)CC(NC(=O)CCc1ccsc1)c1ccccc1Cl. The molecular formula is C17H18ClNO3S. The van der Waals surface area contributed by atoms with Gasteiger partial charge in [-0.3, -0.25) is 9.59 Å². The molecule has 1 heterocycles. The fourth-order valence-corrected chi connectivity index (χ4v) is 3.18. The minimum Gasteiger partial charge on any atom is -0.469 e. The molecule has 0 bridgehead atoms. The summed E-state index contributed by atoms with van der Waals surface area (Å²) in [4.78, 5) is 23.8. The molecule has 1 N–H and O–H groups in total. The highest BCUT2D eigenvalue weighted by Crippen LogP contribution is 2.25. The van der Waals surface area contributed by atoms with Gasteiger partial charge in [-0.15, -0.1) is 0 Å². The van der Waals surface area contributed by atoms with Gasteiger partial charge in [-0.05, 0) is 40.4 Å². The molecule has 1 unspecified atom stereocenters. The first-order valence-corrected chi connectivity index (χ1v) is 8.54. The van der Waals surface area contributed by atoms with Crippen LogP contribution in [-0.4, -0.2) is 19.0 Å². The molecule has 6 heteroatoms. The number of carbonyl (C=O) groups excluding carboxylic acids is 2. The van der Waals surface area contributed by atoms with E-state index in [1.807, 2.05) is 22.9 Å². The van der Waals surface area contributed by atoms with Crippen molar-refractivity contribution >= 4 is 34.8 Å². The summed E-state index contributed by atoms with van der Waals surface area (Å²) in [6.45, 7) is 0. The van der Waals surface area contributed by atoms with Crippen LogP contribution in [0.25, 0.3) is 0 Å². The minimum absolute atomic E-state index is 0.0461. The number of nitrogens with one attached hydrogen (secondary N) is 1. The number of benzene rings is 1. The van der Waals surface area contributed by atoms with E-state index in [2.05, 4.69) is 5.32 Å². The van der Waals surface area contributed by atoms with E-state index in [0.717, 1.165) is 5.56 Å². The Kier molecular flexibility index (Phi) is 6.62. The molecule has 122 valence electrons. The number of amides is 1. The van der Waals surface area contributed by atoms with Gasteiger partial charge in [0, 0.05) is 11.4 Å². The summed E-state index contributed by atoms with van der Waals surface area (Å²) in [5.41, 5.74) is 1.84. The normalized spacial score (nSPS) is 11.7. The quantitative estimate of drug-likeness (QED) is 0.773. The summed E-state index contributed by atoms with van der Waals surface area (Å²) in [6.07, 6.45) is 1.08. The molecular weight excluding hydrogens is 334 g/mol. The van der Waals surface area contributed by atoms with Gasteiger partial charge in [-0.2, -0.15) is 11.3 Å². The van der Waals surface area contributed by atoms with Crippen molar-refractivity contribution in [3.63, 3.8) is 0 Å². The van der Waals surface area contributed by atoms with Crippen LogP contribution in [0.3, 0.4) is 0 Å². The molecule has 0 aliphatic rings. The van der Waals surface area contributed by atoms with Crippen molar-refractivity contribution < 1.29 is 14.3 Å². The van der Waals surface area contributed by atoms with Crippen LogP contribution < -0.4 is 5.32 Å². The Hall–Kier alpha value is -1.85. The average molecular weight is 352 g/mol. The first-order valence-electron chi connectivity index (χ1n) is 7.22. The smallest absolute Gasteiger partial charge is 0.307 e. The first kappa shape index (κ1) is 17.5. The summed E-state index contributed by atoms with van der Waals surface area (Å²) in [5.74, 6) is -0.516. The second-order valence-electron chi connectivity index (χ2n) is 5.05. The Bertz CT molecular complexity index is 658. The number of aryl methyl sites for hydroxylation is 1. The minimum atomic E-state index is -0.494. The maximum absolute atomic E-state index is 12.2. The zero-order chi connectivity index (χ0) is 16.7. The van der Waals surface area contributed by atoms with Crippen molar-refractivity contribution in [1.82, 2.24) is 5.32 Å². The molecule has 2 aromatic rings. The molecule has 0 aliphatic carbocycles.